The lowest BCUT2D eigenvalue weighted by atomic mass is 10.0. The molecule has 0 atom stereocenters. The molecule has 15 heavy (non-hydrogen) atoms. The lowest BCUT2D eigenvalue weighted by Crippen LogP contribution is -1.81. The SMILES string of the molecule is Cc1ccc2c(c1)Cc1c(O)cccc1-2. The Morgan fingerprint density at radius 2 is 1.93 bits per heavy atom. The Labute approximate surface area is 89.0 Å². The van der Waals surface area contributed by atoms with Crippen LogP contribution in [-0.4, -0.2) is 5.11 Å². The summed E-state index contributed by atoms with van der Waals surface area (Å²) in [4.78, 5) is 0. The molecule has 0 saturated carbocycles. The lowest BCUT2D eigenvalue weighted by molar-refractivity contribution is 0.470. The minimum atomic E-state index is 0.418. The molecule has 0 heterocycles. The van der Waals surface area contributed by atoms with Crippen molar-refractivity contribution in [2.75, 3.05) is 0 Å². The maximum Gasteiger partial charge on any atom is 0.119 e. The van der Waals surface area contributed by atoms with Crippen molar-refractivity contribution < 1.29 is 5.11 Å². The second-order valence-corrected chi connectivity index (χ2v) is 4.14. The van der Waals surface area contributed by atoms with Gasteiger partial charge >= 0.3 is 0 Å². The number of hydrogen-bond donors (Lipinski definition) is 1. The minimum Gasteiger partial charge on any atom is -0.508 e. The van der Waals surface area contributed by atoms with E-state index >= 15 is 0 Å². The van der Waals surface area contributed by atoms with Crippen LogP contribution in [0.4, 0.5) is 0 Å². The van der Waals surface area contributed by atoms with Gasteiger partial charge in [-0.15, -0.1) is 0 Å². The van der Waals surface area contributed by atoms with Crippen LogP contribution in [0.2, 0.25) is 0 Å². The van der Waals surface area contributed by atoms with E-state index in [1.54, 1.807) is 6.07 Å². The number of fused-ring (bicyclic) bond motifs is 3. The first-order valence-corrected chi connectivity index (χ1v) is 5.16. The van der Waals surface area contributed by atoms with Gasteiger partial charge in [0.25, 0.3) is 0 Å². The molecule has 0 fully saturated rings. The first-order valence-electron chi connectivity index (χ1n) is 5.16. The molecule has 0 aliphatic heterocycles. The molecule has 1 aliphatic carbocycles. The van der Waals surface area contributed by atoms with Crippen LogP contribution in [0.3, 0.4) is 0 Å². The van der Waals surface area contributed by atoms with Gasteiger partial charge < -0.3 is 5.11 Å². The number of benzene rings is 2. The van der Waals surface area contributed by atoms with Crippen molar-refractivity contribution in [1.29, 1.82) is 0 Å². The van der Waals surface area contributed by atoms with Crippen molar-refractivity contribution in [2.45, 2.75) is 13.3 Å². The predicted molar refractivity (Wildman–Crippen MR) is 61.1 cm³/mol. The summed E-state index contributed by atoms with van der Waals surface area (Å²) in [6.45, 7) is 2.10. The average molecular weight is 196 g/mol. The summed E-state index contributed by atoms with van der Waals surface area (Å²) in [5, 5.41) is 9.77. The van der Waals surface area contributed by atoms with E-state index in [1.807, 2.05) is 6.07 Å². The van der Waals surface area contributed by atoms with E-state index in [4.69, 9.17) is 0 Å². The molecule has 0 saturated heterocycles. The molecule has 3 rings (SSSR count). The van der Waals surface area contributed by atoms with Crippen LogP contribution in [0, 0.1) is 6.92 Å². The van der Waals surface area contributed by atoms with E-state index in [0.717, 1.165) is 12.0 Å². The van der Waals surface area contributed by atoms with Gasteiger partial charge in [0.2, 0.25) is 0 Å². The number of phenols is 1. The van der Waals surface area contributed by atoms with Gasteiger partial charge in [-0.1, -0.05) is 35.9 Å². The molecule has 0 radical (unpaired) electrons. The van der Waals surface area contributed by atoms with Gasteiger partial charge in [0, 0.05) is 12.0 Å². The summed E-state index contributed by atoms with van der Waals surface area (Å²) in [7, 11) is 0. The van der Waals surface area contributed by atoms with Crippen molar-refractivity contribution in [3.05, 3.63) is 53.1 Å². The fourth-order valence-corrected chi connectivity index (χ4v) is 2.33. The van der Waals surface area contributed by atoms with Gasteiger partial charge in [-0.3, -0.25) is 0 Å². The highest BCUT2D eigenvalue weighted by molar-refractivity contribution is 5.79. The molecule has 1 nitrogen and oxygen atoms in total. The molecule has 1 heteroatoms. The zero-order chi connectivity index (χ0) is 10.4. The van der Waals surface area contributed by atoms with E-state index in [0.29, 0.717) is 5.75 Å². The quantitative estimate of drug-likeness (QED) is 0.585. The van der Waals surface area contributed by atoms with Crippen molar-refractivity contribution in [3.63, 3.8) is 0 Å². The fraction of sp³-hybridized carbons (Fsp3) is 0.143. The number of hydrogen-bond acceptors (Lipinski definition) is 1. The molecule has 0 bridgehead atoms. The maximum atomic E-state index is 9.77. The highest BCUT2D eigenvalue weighted by Gasteiger charge is 2.20. The number of rotatable bonds is 0. The van der Waals surface area contributed by atoms with Gasteiger partial charge in [-0.2, -0.15) is 0 Å². The molecule has 0 aromatic heterocycles. The number of aromatic hydroxyl groups is 1. The van der Waals surface area contributed by atoms with Crippen molar-refractivity contribution >= 4 is 0 Å². The molecule has 1 N–H and O–H groups in total. The van der Waals surface area contributed by atoms with E-state index < -0.39 is 0 Å². The highest BCUT2D eigenvalue weighted by atomic mass is 16.3. The summed E-state index contributed by atoms with van der Waals surface area (Å²) in [5.41, 5.74) is 6.13. The Kier molecular flexibility index (Phi) is 1.63. The summed E-state index contributed by atoms with van der Waals surface area (Å²) < 4.78 is 0. The highest BCUT2D eigenvalue weighted by Crippen LogP contribution is 2.40. The second-order valence-electron chi connectivity index (χ2n) is 4.14. The first kappa shape index (κ1) is 8.54. The zero-order valence-corrected chi connectivity index (χ0v) is 8.62. The molecular formula is C14H12O. The second kappa shape index (κ2) is 2.86. The van der Waals surface area contributed by atoms with Gasteiger partial charge in [0.15, 0.2) is 0 Å². The summed E-state index contributed by atoms with van der Waals surface area (Å²) >= 11 is 0. The molecular weight excluding hydrogens is 184 g/mol. The van der Waals surface area contributed by atoms with E-state index in [1.165, 1.54) is 22.3 Å². The summed E-state index contributed by atoms with van der Waals surface area (Å²) in [6.07, 6.45) is 0.860. The number of phenolic OH excluding ortho intramolecular Hbond substituents is 1. The molecule has 0 spiro atoms. The zero-order valence-electron chi connectivity index (χ0n) is 8.62. The Bertz CT molecular complexity index is 541. The lowest BCUT2D eigenvalue weighted by Gasteiger charge is -2.01. The normalized spacial score (nSPS) is 12.3. The maximum absolute atomic E-state index is 9.77. The van der Waals surface area contributed by atoms with Crippen LogP contribution in [0.5, 0.6) is 5.75 Å². The van der Waals surface area contributed by atoms with Crippen LogP contribution in [-0.2, 0) is 6.42 Å². The summed E-state index contributed by atoms with van der Waals surface area (Å²) in [6, 6.07) is 12.2. The third-order valence-electron chi connectivity index (χ3n) is 3.07. The van der Waals surface area contributed by atoms with Crippen LogP contribution in [0.15, 0.2) is 36.4 Å². The molecule has 0 unspecified atom stereocenters. The minimum absolute atomic E-state index is 0.418. The van der Waals surface area contributed by atoms with Gasteiger partial charge in [0.05, 0.1) is 0 Å². The van der Waals surface area contributed by atoms with Gasteiger partial charge in [-0.25, -0.2) is 0 Å². The van der Waals surface area contributed by atoms with Gasteiger partial charge in [0.1, 0.15) is 5.75 Å². The predicted octanol–water partition coefficient (Wildman–Crippen LogP) is 3.27. The molecule has 0 amide bonds. The molecule has 2 aromatic carbocycles. The van der Waals surface area contributed by atoms with Crippen molar-refractivity contribution in [1.82, 2.24) is 0 Å². The molecule has 2 aromatic rings. The fourth-order valence-electron chi connectivity index (χ4n) is 2.33. The third kappa shape index (κ3) is 1.16. The smallest absolute Gasteiger partial charge is 0.119 e. The monoisotopic (exact) mass is 196 g/mol. The molecule has 74 valence electrons. The topological polar surface area (TPSA) is 20.2 Å². The Morgan fingerprint density at radius 3 is 2.80 bits per heavy atom. The van der Waals surface area contributed by atoms with E-state index in [-0.39, 0.29) is 0 Å². The third-order valence-corrected chi connectivity index (χ3v) is 3.07. The van der Waals surface area contributed by atoms with Crippen LogP contribution in [0.1, 0.15) is 16.7 Å². The first-order chi connectivity index (χ1) is 7.25. The van der Waals surface area contributed by atoms with Gasteiger partial charge in [-0.05, 0) is 29.7 Å². The Hall–Kier alpha value is -1.76. The Balaban J connectivity index is 2.28. The average Bonchev–Trinajstić information content (AvgIpc) is 2.57. The van der Waals surface area contributed by atoms with Crippen LogP contribution >= 0.6 is 0 Å². The van der Waals surface area contributed by atoms with Crippen LogP contribution < -0.4 is 0 Å². The van der Waals surface area contributed by atoms with Crippen molar-refractivity contribution in [2.24, 2.45) is 0 Å². The number of aryl methyl sites for hydroxylation is 1. The molecule has 1 aliphatic rings. The van der Waals surface area contributed by atoms with E-state index in [9.17, 15) is 5.11 Å². The van der Waals surface area contributed by atoms with Crippen LogP contribution in [0.25, 0.3) is 11.1 Å². The largest absolute Gasteiger partial charge is 0.508 e. The Morgan fingerprint density at radius 1 is 1.07 bits per heavy atom. The standard InChI is InChI=1S/C14H12O/c1-9-5-6-11-10(7-9)8-13-12(11)3-2-4-14(13)15/h2-7,15H,8H2,1H3. The summed E-state index contributed by atoms with van der Waals surface area (Å²) in [5.74, 6) is 0.418. The van der Waals surface area contributed by atoms with Crippen molar-refractivity contribution in [3.8, 4) is 16.9 Å². The van der Waals surface area contributed by atoms with E-state index in [2.05, 4.69) is 31.2 Å².